The molecule has 0 atom stereocenters. The van der Waals surface area contributed by atoms with Crippen LogP contribution in [0, 0.1) is 0 Å². The molecule has 0 saturated heterocycles. The molecule has 16 heavy (non-hydrogen) atoms. The number of carboxylic acid groups (broad SMARTS) is 1. The third kappa shape index (κ3) is 1.67. The molecule has 3 rings (SSSR count). The second kappa shape index (κ2) is 3.52. The Hall–Kier alpha value is -1.49. The van der Waals surface area contributed by atoms with Gasteiger partial charge >= 0.3 is 5.97 Å². The van der Waals surface area contributed by atoms with E-state index in [0.717, 1.165) is 30.8 Å². The molecular weight excluding hydrogens is 206 g/mol. The molecular formula is C11H13N3O2. The lowest BCUT2D eigenvalue weighted by atomic mass is 10.1. The Labute approximate surface area is 93.1 Å². The van der Waals surface area contributed by atoms with Crippen LogP contribution in [0.15, 0.2) is 6.20 Å². The van der Waals surface area contributed by atoms with E-state index < -0.39 is 5.97 Å². The molecule has 0 unspecified atom stereocenters. The quantitative estimate of drug-likeness (QED) is 0.793. The Morgan fingerprint density at radius 1 is 1.50 bits per heavy atom. The number of aromatic nitrogens is 2. The van der Waals surface area contributed by atoms with Gasteiger partial charge in [0.1, 0.15) is 0 Å². The van der Waals surface area contributed by atoms with E-state index in [4.69, 9.17) is 5.11 Å². The van der Waals surface area contributed by atoms with E-state index in [1.807, 2.05) is 0 Å². The van der Waals surface area contributed by atoms with Gasteiger partial charge in [0, 0.05) is 25.3 Å². The van der Waals surface area contributed by atoms with E-state index in [-0.39, 0.29) is 5.82 Å². The van der Waals surface area contributed by atoms with E-state index in [0.29, 0.717) is 6.04 Å². The molecule has 1 aromatic rings. The van der Waals surface area contributed by atoms with Crippen LogP contribution >= 0.6 is 0 Å². The fourth-order valence-corrected chi connectivity index (χ4v) is 2.18. The number of hydrogen-bond donors (Lipinski definition) is 1. The predicted octanol–water partition coefficient (Wildman–Crippen LogP) is 0.695. The summed E-state index contributed by atoms with van der Waals surface area (Å²) in [6.07, 6.45) is 5.14. The lowest BCUT2D eigenvalue weighted by Crippen LogP contribution is -2.33. The third-order valence-corrected chi connectivity index (χ3v) is 3.23. The molecule has 1 aromatic heterocycles. The number of fused-ring (bicyclic) bond motifs is 1. The lowest BCUT2D eigenvalue weighted by Gasteiger charge is -2.27. The van der Waals surface area contributed by atoms with Gasteiger partial charge in [-0.1, -0.05) is 0 Å². The Bertz CT molecular complexity index is 443. The maximum Gasteiger partial charge on any atom is 0.373 e. The van der Waals surface area contributed by atoms with Crippen LogP contribution < -0.4 is 0 Å². The summed E-state index contributed by atoms with van der Waals surface area (Å²) < 4.78 is 0. The first-order chi connectivity index (χ1) is 7.74. The van der Waals surface area contributed by atoms with Gasteiger partial charge in [-0.2, -0.15) is 0 Å². The maximum absolute atomic E-state index is 10.8. The van der Waals surface area contributed by atoms with Gasteiger partial charge < -0.3 is 5.11 Å². The van der Waals surface area contributed by atoms with Crippen molar-refractivity contribution in [1.29, 1.82) is 0 Å². The van der Waals surface area contributed by atoms with E-state index in [2.05, 4.69) is 14.9 Å². The van der Waals surface area contributed by atoms with E-state index in [9.17, 15) is 4.79 Å². The average Bonchev–Trinajstić information content (AvgIpc) is 3.11. The fourth-order valence-electron chi connectivity index (χ4n) is 2.18. The minimum Gasteiger partial charge on any atom is -0.475 e. The normalized spacial score (nSPS) is 20.5. The minimum absolute atomic E-state index is 0.0867. The minimum atomic E-state index is -1.05. The zero-order valence-corrected chi connectivity index (χ0v) is 8.89. The maximum atomic E-state index is 10.8. The summed E-state index contributed by atoms with van der Waals surface area (Å²) in [5.74, 6) is -1.14. The number of aromatic carboxylic acids is 1. The van der Waals surface area contributed by atoms with Crippen LogP contribution in [0.5, 0.6) is 0 Å². The van der Waals surface area contributed by atoms with Gasteiger partial charge in [0.15, 0.2) is 0 Å². The summed E-state index contributed by atoms with van der Waals surface area (Å²) in [5.41, 5.74) is 1.99. The van der Waals surface area contributed by atoms with Crippen LogP contribution in [0.1, 0.15) is 34.7 Å². The van der Waals surface area contributed by atoms with Crippen molar-refractivity contribution in [1.82, 2.24) is 14.9 Å². The third-order valence-electron chi connectivity index (χ3n) is 3.23. The summed E-state index contributed by atoms with van der Waals surface area (Å²) >= 11 is 0. The predicted molar refractivity (Wildman–Crippen MR) is 56.1 cm³/mol. The molecule has 0 aromatic carbocycles. The van der Waals surface area contributed by atoms with Crippen LogP contribution in [0.3, 0.4) is 0 Å². The van der Waals surface area contributed by atoms with E-state index in [1.165, 1.54) is 12.8 Å². The van der Waals surface area contributed by atoms with Crippen molar-refractivity contribution < 1.29 is 9.90 Å². The number of rotatable bonds is 2. The first kappa shape index (κ1) is 9.72. The van der Waals surface area contributed by atoms with Crippen LogP contribution in [0.2, 0.25) is 0 Å². The molecule has 2 heterocycles. The molecule has 5 heteroatoms. The van der Waals surface area contributed by atoms with Crippen molar-refractivity contribution in [2.45, 2.75) is 31.8 Å². The van der Waals surface area contributed by atoms with Crippen LogP contribution in [-0.4, -0.2) is 38.5 Å². The molecule has 1 aliphatic carbocycles. The fraction of sp³-hybridized carbons (Fsp3) is 0.545. The molecule has 1 aliphatic heterocycles. The van der Waals surface area contributed by atoms with Gasteiger partial charge in [-0.25, -0.2) is 14.8 Å². The monoisotopic (exact) mass is 219 g/mol. The molecule has 0 spiro atoms. The van der Waals surface area contributed by atoms with Gasteiger partial charge in [0.05, 0.1) is 5.69 Å². The first-order valence-corrected chi connectivity index (χ1v) is 5.56. The molecule has 1 fully saturated rings. The highest BCUT2D eigenvalue weighted by Gasteiger charge is 2.32. The number of carboxylic acids is 1. The van der Waals surface area contributed by atoms with Crippen molar-refractivity contribution >= 4 is 5.97 Å². The molecule has 0 amide bonds. The molecule has 0 radical (unpaired) electrons. The zero-order chi connectivity index (χ0) is 11.1. The zero-order valence-electron chi connectivity index (χ0n) is 8.89. The molecule has 0 bridgehead atoms. The summed E-state index contributed by atoms with van der Waals surface area (Å²) in [6.45, 7) is 1.83. The number of nitrogens with zero attached hydrogens (tertiary/aromatic N) is 3. The smallest absolute Gasteiger partial charge is 0.373 e. The number of carbonyl (C=O) groups is 1. The van der Waals surface area contributed by atoms with Gasteiger partial charge in [0.25, 0.3) is 0 Å². The second-order valence-electron chi connectivity index (χ2n) is 4.42. The van der Waals surface area contributed by atoms with Gasteiger partial charge in [-0.3, -0.25) is 4.90 Å². The SMILES string of the molecule is O=C(O)c1ncc2c(n1)CN(C1CC1)CC2. The molecule has 84 valence electrons. The Morgan fingerprint density at radius 2 is 2.31 bits per heavy atom. The Balaban J connectivity index is 1.88. The highest BCUT2D eigenvalue weighted by atomic mass is 16.4. The van der Waals surface area contributed by atoms with Crippen LogP contribution in [0.4, 0.5) is 0 Å². The Morgan fingerprint density at radius 3 is 3.00 bits per heavy atom. The largest absolute Gasteiger partial charge is 0.475 e. The van der Waals surface area contributed by atoms with Crippen molar-refractivity contribution in [3.05, 3.63) is 23.3 Å². The summed E-state index contributed by atoms with van der Waals surface area (Å²) in [7, 11) is 0. The van der Waals surface area contributed by atoms with Crippen molar-refractivity contribution in [2.75, 3.05) is 6.54 Å². The van der Waals surface area contributed by atoms with Crippen molar-refractivity contribution in [2.24, 2.45) is 0 Å². The topological polar surface area (TPSA) is 66.3 Å². The molecule has 5 nitrogen and oxygen atoms in total. The summed E-state index contributed by atoms with van der Waals surface area (Å²) in [6, 6.07) is 0.705. The highest BCUT2D eigenvalue weighted by Crippen LogP contribution is 2.30. The number of hydrogen-bond acceptors (Lipinski definition) is 4. The van der Waals surface area contributed by atoms with Gasteiger partial charge in [-0.15, -0.1) is 0 Å². The Kier molecular flexibility index (Phi) is 2.14. The first-order valence-electron chi connectivity index (χ1n) is 5.56. The van der Waals surface area contributed by atoms with E-state index >= 15 is 0 Å². The molecule has 1 saturated carbocycles. The molecule has 1 N–H and O–H groups in total. The summed E-state index contributed by atoms with van der Waals surface area (Å²) in [5, 5.41) is 8.84. The summed E-state index contributed by atoms with van der Waals surface area (Å²) in [4.78, 5) is 21.1. The van der Waals surface area contributed by atoms with Gasteiger partial charge in [0.2, 0.25) is 5.82 Å². The van der Waals surface area contributed by atoms with Gasteiger partial charge in [-0.05, 0) is 24.8 Å². The lowest BCUT2D eigenvalue weighted by molar-refractivity contribution is 0.0682. The molecule has 2 aliphatic rings. The van der Waals surface area contributed by atoms with E-state index in [1.54, 1.807) is 6.20 Å². The average molecular weight is 219 g/mol. The van der Waals surface area contributed by atoms with Crippen molar-refractivity contribution in [3.8, 4) is 0 Å². The highest BCUT2D eigenvalue weighted by molar-refractivity contribution is 5.83. The van der Waals surface area contributed by atoms with Crippen LogP contribution in [0.25, 0.3) is 0 Å². The van der Waals surface area contributed by atoms with Crippen molar-refractivity contribution in [3.63, 3.8) is 0 Å². The van der Waals surface area contributed by atoms with Crippen LogP contribution in [-0.2, 0) is 13.0 Å². The second-order valence-corrected chi connectivity index (χ2v) is 4.42. The standard InChI is InChI=1S/C11H13N3O2/c15-11(16)10-12-5-7-3-4-14(8-1-2-8)6-9(7)13-10/h5,8H,1-4,6H2,(H,15,16).